The van der Waals surface area contributed by atoms with E-state index >= 15 is 0 Å². The number of carbonyl (C=O) groups is 2. The van der Waals surface area contributed by atoms with E-state index in [9.17, 15) is 9.59 Å². The topological polar surface area (TPSA) is 59.1 Å². The molecule has 142 valence electrons. The van der Waals surface area contributed by atoms with E-state index in [1.165, 1.54) is 6.92 Å². The molecular weight excluding hydrogens is 384 g/mol. The van der Waals surface area contributed by atoms with Crippen LogP contribution in [-0.4, -0.2) is 16.7 Å². The fourth-order valence-electron chi connectivity index (χ4n) is 3.12. The predicted octanol–water partition coefficient (Wildman–Crippen LogP) is 6.01. The van der Waals surface area contributed by atoms with Crippen LogP contribution < -0.4 is 5.32 Å². The largest absolute Gasteiger partial charge is 0.322 e. The van der Waals surface area contributed by atoms with Gasteiger partial charge in [0.15, 0.2) is 5.78 Å². The van der Waals surface area contributed by atoms with Gasteiger partial charge in [-0.3, -0.25) is 9.59 Å². The maximum Gasteiger partial charge on any atom is 0.256 e. The summed E-state index contributed by atoms with van der Waals surface area (Å²) < 4.78 is 0. The monoisotopic (exact) mass is 400 g/mol. The number of halogens is 1. The molecule has 0 saturated carbocycles. The number of pyridine rings is 1. The van der Waals surface area contributed by atoms with Gasteiger partial charge in [0.05, 0.1) is 16.8 Å². The number of amides is 1. The third-order valence-electron chi connectivity index (χ3n) is 4.65. The Balaban J connectivity index is 1.74. The van der Waals surface area contributed by atoms with E-state index < -0.39 is 0 Å². The van der Waals surface area contributed by atoms with Crippen molar-refractivity contribution in [2.45, 2.75) is 6.92 Å². The highest BCUT2D eigenvalue weighted by atomic mass is 35.5. The molecule has 1 aromatic heterocycles. The summed E-state index contributed by atoms with van der Waals surface area (Å²) in [4.78, 5) is 29.2. The summed E-state index contributed by atoms with van der Waals surface area (Å²) in [6.07, 6.45) is 0. The Hall–Kier alpha value is -3.50. The first-order valence-corrected chi connectivity index (χ1v) is 9.47. The molecule has 4 nitrogen and oxygen atoms in total. The maximum absolute atomic E-state index is 13.1. The third kappa shape index (κ3) is 4.03. The van der Waals surface area contributed by atoms with Gasteiger partial charge in [0.25, 0.3) is 5.91 Å². The van der Waals surface area contributed by atoms with Crippen LogP contribution in [0.3, 0.4) is 0 Å². The van der Waals surface area contributed by atoms with Crippen molar-refractivity contribution >= 4 is 39.9 Å². The fraction of sp³-hybridized carbons (Fsp3) is 0.0417. The van der Waals surface area contributed by atoms with E-state index in [1.807, 2.05) is 36.4 Å². The van der Waals surface area contributed by atoms with Crippen LogP contribution in [0.1, 0.15) is 27.6 Å². The second kappa shape index (κ2) is 7.86. The molecule has 29 heavy (non-hydrogen) atoms. The first-order chi connectivity index (χ1) is 14.0. The van der Waals surface area contributed by atoms with Gasteiger partial charge in [0.1, 0.15) is 0 Å². The number of Topliss-reactive ketones (excluding diaryl/α,β-unsaturated/α-hetero) is 1. The Morgan fingerprint density at radius 3 is 2.28 bits per heavy atom. The van der Waals surface area contributed by atoms with Crippen LogP contribution >= 0.6 is 11.6 Å². The normalized spacial score (nSPS) is 10.7. The highest BCUT2D eigenvalue weighted by Crippen LogP contribution is 2.26. The first-order valence-electron chi connectivity index (χ1n) is 9.09. The van der Waals surface area contributed by atoms with Gasteiger partial charge in [-0.25, -0.2) is 4.98 Å². The molecule has 0 saturated heterocycles. The zero-order valence-corrected chi connectivity index (χ0v) is 16.4. The van der Waals surface area contributed by atoms with E-state index in [1.54, 1.807) is 42.5 Å². The van der Waals surface area contributed by atoms with Gasteiger partial charge in [-0.15, -0.1) is 0 Å². The lowest BCUT2D eigenvalue weighted by molar-refractivity contribution is 0.101. The van der Waals surface area contributed by atoms with Crippen molar-refractivity contribution in [2.24, 2.45) is 0 Å². The maximum atomic E-state index is 13.1. The van der Waals surface area contributed by atoms with Crippen molar-refractivity contribution in [3.63, 3.8) is 0 Å². The second-order valence-electron chi connectivity index (χ2n) is 6.67. The molecule has 0 aliphatic rings. The Morgan fingerprint density at radius 2 is 1.59 bits per heavy atom. The van der Waals surface area contributed by atoms with Crippen molar-refractivity contribution in [1.82, 2.24) is 4.98 Å². The van der Waals surface area contributed by atoms with Crippen LogP contribution in [0.4, 0.5) is 5.69 Å². The van der Waals surface area contributed by atoms with Crippen molar-refractivity contribution in [1.29, 1.82) is 0 Å². The Kier molecular flexibility index (Phi) is 5.10. The van der Waals surface area contributed by atoms with Crippen molar-refractivity contribution in [3.05, 3.63) is 95.0 Å². The highest BCUT2D eigenvalue weighted by molar-refractivity contribution is 6.30. The molecule has 1 amide bonds. The van der Waals surface area contributed by atoms with Gasteiger partial charge >= 0.3 is 0 Å². The molecular formula is C24H17ClN2O2. The molecule has 0 fully saturated rings. The van der Waals surface area contributed by atoms with Crippen LogP contribution in [0.25, 0.3) is 22.2 Å². The average molecular weight is 401 g/mol. The number of hydrogen-bond acceptors (Lipinski definition) is 3. The molecule has 4 rings (SSSR count). The molecule has 0 bridgehead atoms. The minimum atomic E-state index is -0.241. The van der Waals surface area contributed by atoms with E-state index in [-0.39, 0.29) is 11.7 Å². The van der Waals surface area contributed by atoms with Gasteiger partial charge in [-0.1, -0.05) is 41.9 Å². The van der Waals surface area contributed by atoms with Crippen LogP contribution in [0, 0.1) is 0 Å². The molecule has 1 heterocycles. The van der Waals surface area contributed by atoms with Gasteiger partial charge in [-0.2, -0.15) is 0 Å². The standard InChI is InChI=1S/C24H17ClN2O2/c1-15(28)16-8-12-19(13-9-16)26-24(29)21-14-23(17-6-10-18(25)11-7-17)27-22-5-3-2-4-20(21)22/h2-14H,1H3,(H,26,29). The lowest BCUT2D eigenvalue weighted by Gasteiger charge is -2.11. The summed E-state index contributed by atoms with van der Waals surface area (Å²) in [6.45, 7) is 1.51. The number of nitrogens with one attached hydrogen (secondary N) is 1. The predicted molar refractivity (Wildman–Crippen MR) is 117 cm³/mol. The van der Waals surface area contributed by atoms with Crippen molar-refractivity contribution in [2.75, 3.05) is 5.32 Å². The third-order valence-corrected chi connectivity index (χ3v) is 4.90. The van der Waals surface area contributed by atoms with Gasteiger partial charge in [0.2, 0.25) is 0 Å². The number of para-hydroxylation sites is 1. The van der Waals surface area contributed by atoms with E-state index in [0.717, 1.165) is 16.5 Å². The van der Waals surface area contributed by atoms with E-state index in [4.69, 9.17) is 16.6 Å². The minimum absolute atomic E-state index is 0.0180. The number of rotatable bonds is 4. The van der Waals surface area contributed by atoms with Crippen LogP contribution in [0.2, 0.25) is 5.02 Å². The smallest absolute Gasteiger partial charge is 0.256 e. The fourth-order valence-corrected chi connectivity index (χ4v) is 3.24. The summed E-state index contributed by atoms with van der Waals surface area (Å²) in [5.74, 6) is -0.259. The van der Waals surface area contributed by atoms with Crippen LogP contribution in [0.15, 0.2) is 78.9 Å². The summed E-state index contributed by atoms with van der Waals surface area (Å²) in [7, 11) is 0. The molecule has 5 heteroatoms. The Labute approximate surface area is 173 Å². The lowest BCUT2D eigenvalue weighted by Crippen LogP contribution is -2.13. The molecule has 1 N–H and O–H groups in total. The molecule has 0 radical (unpaired) electrons. The molecule has 0 atom stereocenters. The summed E-state index contributed by atoms with van der Waals surface area (Å²) in [5.41, 5.74) is 4.04. The lowest BCUT2D eigenvalue weighted by atomic mass is 10.0. The van der Waals surface area contributed by atoms with Crippen molar-refractivity contribution in [3.8, 4) is 11.3 Å². The summed E-state index contributed by atoms with van der Waals surface area (Å²) in [5, 5.41) is 4.31. The zero-order chi connectivity index (χ0) is 20.4. The van der Waals surface area contributed by atoms with Crippen molar-refractivity contribution < 1.29 is 9.59 Å². The van der Waals surface area contributed by atoms with Crippen LogP contribution in [0.5, 0.6) is 0 Å². The molecule has 4 aromatic rings. The Morgan fingerprint density at radius 1 is 0.897 bits per heavy atom. The molecule has 0 spiro atoms. The SMILES string of the molecule is CC(=O)c1ccc(NC(=O)c2cc(-c3ccc(Cl)cc3)nc3ccccc23)cc1. The summed E-state index contributed by atoms with van der Waals surface area (Å²) in [6, 6.07) is 23.5. The number of benzene rings is 3. The number of nitrogens with zero attached hydrogens (tertiary/aromatic N) is 1. The number of anilines is 1. The number of fused-ring (bicyclic) bond motifs is 1. The molecule has 0 aliphatic heterocycles. The zero-order valence-electron chi connectivity index (χ0n) is 15.6. The van der Waals surface area contributed by atoms with Crippen LogP contribution in [-0.2, 0) is 0 Å². The van der Waals surface area contributed by atoms with Gasteiger partial charge in [-0.05, 0) is 55.5 Å². The average Bonchev–Trinajstić information content (AvgIpc) is 2.74. The number of aromatic nitrogens is 1. The molecule has 0 aliphatic carbocycles. The van der Waals surface area contributed by atoms with Gasteiger partial charge < -0.3 is 5.32 Å². The number of carbonyl (C=O) groups excluding carboxylic acids is 2. The highest BCUT2D eigenvalue weighted by Gasteiger charge is 2.14. The second-order valence-corrected chi connectivity index (χ2v) is 7.10. The number of ketones is 1. The first kappa shape index (κ1) is 18.8. The van der Waals surface area contributed by atoms with E-state index in [2.05, 4.69) is 5.32 Å². The van der Waals surface area contributed by atoms with E-state index in [0.29, 0.717) is 27.5 Å². The molecule has 3 aromatic carbocycles. The Bertz CT molecular complexity index is 1220. The molecule has 0 unspecified atom stereocenters. The quantitative estimate of drug-likeness (QED) is 0.427. The number of hydrogen-bond donors (Lipinski definition) is 1. The minimum Gasteiger partial charge on any atom is -0.322 e. The summed E-state index contributed by atoms with van der Waals surface area (Å²) >= 11 is 5.99. The van der Waals surface area contributed by atoms with Gasteiger partial charge in [0, 0.05) is 27.2 Å².